The van der Waals surface area contributed by atoms with Gasteiger partial charge in [0.05, 0.1) is 0 Å². The van der Waals surface area contributed by atoms with Crippen LogP contribution in [0.5, 0.6) is 0 Å². The van der Waals surface area contributed by atoms with Crippen molar-refractivity contribution in [2.75, 3.05) is 6.61 Å². The van der Waals surface area contributed by atoms with E-state index < -0.39 is 8.32 Å². The Hall–Kier alpha value is -0.863. The predicted octanol–water partition coefficient (Wildman–Crippen LogP) is 4.59. The second kappa shape index (κ2) is 5.41. The maximum Gasteiger partial charge on any atom is 0.183 e. The first-order valence-electron chi connectivity index (χ1n) is 6.81. The van der Waals surface area contributed by atoms with E-state index in [1.165, 1.54) is 11.1 Å². The van der Waals surface area contributed by atoms with Crippen LogP contribution in [0.2, 0.25) is 19.6 Å². The summed E-state index contributed by atoms with van der Waals surface area (Å²) >= 11 is 0. The molecule has 2 heteroatoms. The number of hydrogen-bond acceptors (Lipinski definition) is 1. The van der Waals surface area contributed by atoms with Gasteiger partial charge in [-0.05, 0) is 49.9 Å². The standard InChI is InChI=1S/C16H24OSi/c1-13-10-15(12-17-18(2,3)4)16(11-13)14-8-6-5-7-9-14/h5-9,15-16H,1,10-12H2,2-4H3. The van der Waals surface area contributed by atoms with E-state index in [4.69, 9.17) is 4.43 Å². The van der Waals surface area contributed by atoms with Gasteiger partial charge >= 0.3 is 0 Å². The molecule has 0 bridgehead atoms. The largest absolute Gasteiger partial charge is 0.417 e. The van der Waals surface area contributed by atoms with Crippen molar-refractivity contribution in [2.45, 2.75) is 38.4 Å². The minimum atomic E-state index is -1.41. The lowest BCUT2D eigenvalue weighted by Crippen LogP contribution is -2.29. The number of hydrogen-bond donors (Lipinski definition) is 0. The number of rotatable bonds is 4. The fourth-order valence-electron chi connectivity index (χ4n) is 2.70. The van der Waals surface area contributed by atoms with Crippen LogP contribution in [0.3, 0.4) is 0 Å². The summed E-state index contributed by atoms with van der Waals surface area (Å²) in [6.45, 7) is 11.9. The molecule has 0 aromatic heterocycles. The normalized spacial score (nSPS) is 24.5. The Labute approximate surface area is 112 Å². The van der Waals surface area contributed by atoms with Gasteiger partial charge in [-0.2, -0.15) is 0 Å². The van der Waals surface area contributed by atoms with Gasteiger partial charge in [0.25, 0.3) is 0 Å². The average Bonchev–Trinajstić information content (AvgIpc) is 2.68. The van der Waals surface area contributed by atoms with Crippen LogP contribution in [-0.2, 0) is 4.43 Å². The molecule has 0 radical (unpaired) electrons. The van der Waals surface area contributed by atoms with E-state index in [1.54, 1.807) is 0 Å². The molecule has 98 valence electrons. The monoisotopic (exact) mass is 260 g/mol. The Morgan fingerprint density at radius 2 is 1.83 bits per heavy atom. The molecule has 0 heterocycles. The Morgan fingerprint density at radius 1 is 1.17 bits per heavy atom. The zero-order valence-corrected chi connectivity index (χ0v) is 12.8. The van der Waals surface area contributed by atoms with E-state index in [0.717, 1.165) is 19.4 Å². The summed E-state index contributed by atoms with van der Waals surface area (Å²) in [6.07, 6.45) is 2.26. The minimum Gasteiger partial charge on any atom is -0.417 e. The van der Waals surface area contributed by atoms with Gasteiger partial charge < -0.3 is 4.43 Å². The van der Waals surface area contributed by atoms with Crippen molar-refractivity contribution in [3.8, 4) is 0 Å². The molecule has 1 nitrogen and oxygen atoms in total. The van der Waals surface area contributed by atoms with E-state index in [1.807, 2.05) is 0 Å². The van der Waals surface area contributed by atoms with E-state index in [9.17, 15) is 0 Å². The zero-order valence-electron chi connectivity index (χ0n) is 11.8. The van der Waals surface area contributed by atoms with Crippen LogP contribution in [0.15, 0.2) is 42.5 Å². The molecule has 1 aliphatic rings. The van der Waals surface area contributed by atoms with Crippen molar-refractivity contribution in [3.05, 3.63) is 48.0 Å². The fourth-order valence-corrected chi connectivity index (χ4v) is 3.41. The van der Waals surface area contributed by atoms with E-state index in [-0.39, 0.29) is 0 Å². The van der Waals surface area contributed by atoms with E-state index in [2.05, 4.69) is 56.6 Å². The molecule has 1 saturated carbocycles. The second-order valence-corrected chi connectivity index (χ2v) is 10.9. The van der Waals surface area contributed by atoms with Crippen LogP contribution in [0.25, 0.3) is 0 Å². The highest BCUT2D eigenvalue weighted by atomic mass is 28.4. The van der Waals surface area contributed by atoms with Crippen molar-refractivity contribution >= 4 is 8.32 Å². The maximum absolute atomic E-state index is 6.11. The first-order chi connectivity index (χ1) is 8.46. The highest BCUT2D eigenvalue weighted by molar-refractivity contribution is 6.69. The van der Waals surface area contributed by atoms with Gasteiger partial charge in [0.2, 0.25) is 0 Å². The topological polar surface area (TPSA) is 9.23 Å². The highest BCUT2D eigenvalue weighted by Gasteiger charge is 2.32. The Balaban J connectivity index is 2.06. The summed E-state index contributed by atoms with van der Waals surface area (Å²) < 4.78 is 6.11. The molecule has 1 aliphatic carbocycles. The molecule has 18 heavy (non-hydrogen) atoms. The van der Waals surface area contributed by atoms with Crippen LogP contribution in [0.1, 0.15) is 24.3 Å². The molecule has 0 amide bonds. The van der Waals surface area contributed by atoms with Gasteiger partial charge in [-0.15, -0.1) is 0 Å². The summed E-state index contributed by atoms with van der Waals surface area (Å²) in [7, 11) is -1.41. The third-order valence-corrected chi connectivity index (χ3v) is 4.62. The number of benzene rings is 1. The van der Waals surface area contributed by atoms with Crippen molar-refractivity contribution < 1.29 is 4.43 Å². The summed E-state index contributed by atoms with van der Waals surface area (Å²) in [5.74, 6) is 1.22. The molecule has 1 aromatic rings. The third kappa shape index (κ3) is 3.56. The highest BCUT2D eigenvalue weighted by Crippen LogP contribution is 2.42. The molecule has 2 atom stereocenters. The van der Waals surface area contributed by atoms with Crippen LogP contribution in [-0.4, -0.2) is 14.9 Å². The summed E-state index contributed by atoms with van der Waals surface area (Å²) in [5, 5.41) is 0. The molecule has 2 unspecified atom stereocenters. The molecule has 1 aromatic carbocycles. The van der Waals surface area contributed by atoms with Crippen molar-refractivity contribution in [1.82, 2.24) is 0 Å². The SMILES string of the molecule is C=C1CC(CO[Si](C)(C)C)C(c2ccccc2)C1. The summed E-state index contributed by atoms with van der Waals surface area (Å²) in [5.41, 5.74) is 2.83. The fraction of sp³-hybridized carbons (Fsp3) is 0.500. The summed E-state index contributed by atoms with van der Waals surface area (Å²) in [6, 6.07) is 10.8. The Morgan fingerprint density at radius 3 is 2.44 bits per heavy atom. The number of allylic oxidation sites excluding steroid dienone is 1. The van der Waals surface area contributed by atoms with E-state index >= 15 is 0 Å². The van der Waals surface area contributed by atoms with Gasteiger partial charge in [-0.3, -0.25) is 0 Å². The first kappa shape index (κ1) is 13.6. The van der Waals surface area contributed by atoms with Crippen molar-refractivity contribution in [1.29, 1.82) is 0 Å². The Bertz CT molecular complexity index is 405. The lowest BCUT2D eigenvalue weighted by atomic mass is 9.89. The van der Waals surface area contributed by atoms with E-state index in [0.29, 0.717) is 11.8 Å². The molecule has 0 aliphatic heterocycles. The quantitative estimate of drug-likeness (QED) is 0.568. The lowest BCUT2D eigenvalue weighted by Gasteiger charge is -2.24. The van der Waals surface area contributed by atoms with Crippen LogP contribution < -0.4 is 0 Å². The molecule has 1 fully saturated rings. The smallest absolute Gasteiger partial charge is 0.183 e. The molecule has 0 N–H and O–H groups in total. The third-order valence-electron chi connectivity index (χ3n) is 3.59. The molecule has 0 saturated heterocycles. The molecule has 0 spiro atoms. The maximum atomic E-state index is 6.11. The lowest BCUT2D eigenvalue weighted by molar-refractivity contribution is 0.234. The van der Waals surface area contributed by atoms with Crippen LogP contribution >= 0.6 is 0 Å². The molecule has 2 rings (SSSR count). The zero-order chi connectivity index (χ0) is 13.2. The molecular formula is C16H24OSi. The van der Waals surface area contributed by atoms with Gasteiger partial charge in [0, 0.05) is 6.61 Å². The van der Waals surface area contributed by atoms with Crippen molar-refractivity contribution in [2.24, 2.45) is 5.92 Å². The first-order valence-corrected chi connectivity index (χ1v) is 10.2. The predicted molar refractivity (Wildman–Crippen MR) is 80.3 cm³/mol. The van der Waals surface area contributed by atoms with Gasteiger partial charge in [0.15, 0.2) is 8.32 Å². The second-order valence-electron chi connectivity index (χ2n) is 6.36. The van der Waals surface area contributed by atoms with Gasteiger partial charge in [-0.25, -0.2) is 0 Å². The van der Waals surface area contributed by atoms with Crippen molar-refractivity contribution in [3.63, 3.8) is 0 Å². The van der Waals surface area contributed by atoms with Gasteiger partial charge in [0.1, 0.15) is 0 Å². The minimum absolute atomic E-state index is 0.607. The average molecular weight is 260 g/mol. The van der Waals surface area contributed by atoms with Crippen LogP contribution in [0.4, 0.5) is 0 Å². The molecular weight excluding hydrogens is 236 g/mol. The summed E-state index contributed by atoms with van der Waals surface area (Å²) in [4.78, 5) is 0. The van der Waals surface area contributed by atoms with Crippen LogP contribution in [0, 0.1) is 5.92 Å². The van der Waals surface area contributed by atoms with Gasteiger partial charge in [-0.1, -0.05) is 42.5 Å². The Kier molecular flexibility index (Phi) is 4.08.